The molecule has 2 aliphatic rings. The lowest BCUT2D eigenvalue weighted by molar-refractivity contribution is 0.159. The minimum atomic E-state index is -0.207. The summed E-state index contributed by atoms with van der Waals surface area (Å²) in [5, 5.41) is 5.95. The fraction of sp³-hybridized carbons (Fsp3) is 0.429. The van der Waals surface area contributed by atoms with Crippen molar-refractivity contribution in [2.75, 3.05) is 31.6 Å². The molecule has 0 aliphatic carbocycles. The third-order valence-corrected chi connectivity index (χ3v) is 5.20. The minimum absolute atomic E-state index is 0.0269. The van der Waals surface area contributed by atoms with Crippen molar-refractivity contribution in [1.29, 1.82) is 0 Å². The molecule has 28 heavy (non-hydrogen) atoms. The molecule has 2 atom stereocenters. The van der Waals surface area contributed by atoms with Crippen LogP contribution in [-0.2, 0) is 11.3 Å². The monoisotopic (exact) mass is 382 g/mol. The maximum atomic E-state index is 12.4. The highest BCUT2D eigenvalue weighted by Gasteiger charge is 2.35. The average Bonchev–Trinajstić information content (AvgIpc) is 3.40. The van der Waals surface area contributed by atoms with Crippen LogP contribution in [0.1, 0.15) is 18.5 Å². The first-order valence-corrected chi connectivity index (χ1v) is 9.80. The maximum absolute atomic E-state index is 12.4. The molecular weight excluding hydrogens is 356 g/mol. The maximum Gasteiger partial charge on any atom is 0.319 e. The molecule has 2 amide bonds. The second-order valence-corrected chi connectivity index (χ2v) is 7.19. The first-order valence-electron chi connectivity index (χ1n) is 9.80. The van der Waals surface area contributed by atoms with E-state index in [0.717, 1.165) is 30.2 Å². The molecule has 1 aromatic carbocycles. The van der Waals surface area contributed by atoms with E-state index < -0.39 is 0 Å². The van der Waals surface area contributed by atoms with Crippen LogP contribution < -0.4 is 15.4 Å². The van der Waals surface area contributed by atoms with Crippen LogP contribution in [0.5, 0.6) is 5.75 Å². The van der Waals surface area contributed by atoms with Gasteiger partial charge in [-0.2, -0.15) is 0 Å². The lowest BCUT2D eigenvalue weighted by Gasteiger charge is -2.27. The van der Waals surface area contributed by atoms with Gasteiger partial charge in [-0.1, -0.05) is 6.07 Å². The molecule has 2 fully saturated rings. The van der Waals surface area contributed by atoms with E-state index in [2.05, 4.69) is 20.5 Å². The number of ether oxygens (including phenoxy) is 2. The number of aromatic nitrogens is 1. The summed E-state index contributed by atoms with van der Waals surface area (Å²) in [7, 11) is 0. The van der Waals surface area contributed by atoms with E-state index in [1.807, 2.05) is 42.5 Å². The molecule has 2 N–H and O–H groups in total. The summed E-state index contributed by atoms with van der Waals surface area (Å²) in [5.41, 5.74) is 1.59. The Balaban J connectivity index is 1.26. The molecule has 2 saturated heterocycles. The molecule has 4 rings (SSSR count). The van der Waals surface area contributed by atoms with Crippen molar-refractivity contribution in [3.63, 3.8) is 0 Å². The Morgan fingerprint density at radius 1 is 1.14 bits per heavy atom. The number of carbonyl (C=O) groups excluding carboxylic acids is 1. The summed E-state index contributed by atoms with van der Waals surface area (Å²) in [6, 6.07) is 13.2. The Kier molecular flexibility index (Phi) is 6.04. The van der Waals surface area contributed by atoms with Crippen molar-refractivity contribution in [3.8, 4) is 5.75 Å². The summed E-state index contributed by atoms with van der Waals surface area (Å²) in [6.07, 6.45) is 4.20. The fourth-order valence-corrected chi connectivity index (χ4v) is 3.72. The normalized spacial score (nSPS) is 22.1. The van der Waals surface area contributed by atoms with Crippen molar-refractivity contribution in [2.24, 2.45) is 0 Å². The Labute approximate surface area is 165 Å². The Morgan fingerprint density at radius 2 is 1.96 bits per heavy atom. The molecule has 1 aromatic heterocycles. The van der Waals surface area contributed by atoms with Gasteiger partial charge in [-0.05, 0) is 62.3 Å². The van der Waals surface area contributed by atoms with Crippen molar-refractivity contribution in [2.45, 2.75) is 31.5 Å². The average molecular weight is 382 g/mol. The van der Waals surface area contributed by atoms with Gasteiger partial charge in [0.25, 0.3) is 0 Å². The molecule has 0 radical (unpaired) electrons. The van der Waals surface area contributed by atoms with Gasteiger partial charge in [-0.15, -0.1) is 0 Å². The molecule has 2 aromatic rings. The van der Waals surface area contributed by atoms with Crippen LogP contribution in [0.25, 0.3) is 0 Å². The van der Waals surface area contributed by atoms with Crippen LogP contribution in [0.2, 0.25) is 0 Å². The van der Waals surface area contributed by atoms with Gasteiger partial charge in [-0.3, -0.25) is 9.88 Å². The number of nitrogens with zero attached hydrogens (tertiary/aromatic N) is 2. The number of pyridine rings is 1. The summed E-state index contributed by atoms with van der Waals surface area (Å²) in [4.78, 5) is 19.0. The second kappa shape index (κ2) is 9.03. The van der Waals surface area contributed by atoms with E-state index >= 15 is 0 Å². The van der Waals surface area contributed by atoms with Crippen molar-refractivity contribution < 1.29 is 14.3 Å². The number of amides is 2. The van der Waals surface area contributed by atoms with Crippen molar-refractivity contribution in [3.05, 3.63) is 54.4 Å². The minimum Gasteiger partial charge on any atom is -0.487 e. The smallest absolute Gasteiger partial charge is 0.319 e. The van der Waals surface area contributed by atoms with Gasteiger partial charge in [0.1, 0.15) is 12.4 Å². The van der Waals surface area contributed by atoms with Gasteiger partial charge < -0.3 is 20.1 Å². The summed E-state index contributed by atoms with van der Waals surface area (Å²) < 4.78 is 11.3. The number of urea groups is 1. The molecule has 0 unspecified atom stereocenters. The highest BCUT2D eigenvalue weighted by Crippen LogP contribution is 2.20. The largest absolute Gasteiger partial charge is 0.487 e. The van der Waals surface area contributed by atoms with E-state index in [4.69, 9.17) is 9.47 Å². The Bertz CT molecular complexity index is 763. The van der Waals surface area contributed by atoms with E-state index in [0.29, 0.717) is 19.8 Å². The summed E-state index contributed by atoms with van der Waals surface area (Å²) in [5.74, 6) is 0.731. The van der Waals surface area contributed by atoms with Crippen LogP contribution in [0.3, 0.4) is 0 Å². The number of nitrogens with one attached hydrogen (secondary N) is 2. The second-order valence-electron chi connectivity index (χ2n) is 7.19. The molecule has 3 heterocycles. The van der Waals surface area contributed by atoms with Gasteiger partial charge >= 0.3 is 6.03 Å². The Morgan fingerprint density at radius 3 is 2.71 bits per heavy atom. The first kappa shape index (κ1) is 18.7. The van der Waals surface area contributed by atoms with Gasteiger partial charge in [-0.25, -0.2) is 4.79 Å². The van der Waals surface area contributed by atoms with E-state index in [1.165, 1.54) is 12.8 Å². The topological polar surface area (TPSA) is 75.7 Å². The van der Waals surface area contributed by atoms with Crippen LogP contribution in [-0.4, -0.2) is 54.3 Å². The zero-order valence-corrected chi connectivity index (χ0v) is 15.8. The molecule has 2 aliphatic heterocycles. The number of hydrogen-bond donors (Lipinski definition) is 2. The van der Waals surface area contributed by atoms with Crippen LogP contribution >= 0.6 is 0 Å². The lowest BCUT2D eigenvalue weighted by Crippen LogP contribution is -2.51. The predicted octanol–water partition coefficient (Wildman–Crippen LogP) is 2.65. The molecule has 148 valence electrons. The van der Waals surface area contributed by atoms with Crippen molar-refractivity contribution >= 4 is 11.7 Å². The van der Waals surface area contributed by atoms with E-state index in [9.17, 15) is 4.79 Å². The van der Waals surface area contributed by atoms with Gasteiger partial charge in [0.15, 0.2) is 0 Å². The van der Waals surface area contributed by atoms with Gasteiger partial charge in [0.2, 0.25) is 0 Å². The van der Waals surface area contributed by atoms with E-state index in [-0.39, 0.29) is 18.1 Å². The highest BCUT2D eigenvalue weighted by molar-refractivity contribution is 5.89. The molecule has 0 bridgehead atoms. The van der Waals surface area contributed by atoms with Gasteiger partial charge in [0.05, 0.1) is 31.0 Å². The quantitative estimate of drug-likeness (QED) is 0.803. The first-order chi connectivity index (χ1) is 13.8. The molecule has 7 nitrogen and oxygen atoms in total. The Hall–Kier alpha value is -2.64. The predicted molar refractivity (Wildman–Crippen MR) is 106 cm³/mol. The van der Waals surface area contributed by atoms with Crippen molar-refractivity contribution in [1.82, 2.24) is 15.2 Å². The van der Waals surface area contributed by atoms with Crippen LogP contribution in [0.15, 0.2) is 48.7 Å². The van der Waals surface area contributed by atoms with E-state index in [1.54, 1.807) is 6.20 Å². The molecule has 0 spiro atoms. The zero-order chi connectivity index (χ0) is 19.2. The SMILES string of the molecule is O=C(Nc1ccc(OCc2ccccn2)cc1)N[C@@H]1COC[C@H]1N1CCCC1. The molecule has 0 saturated carbocycles. The fourth-order valence-electron chi connectivity index (χ4n) is 3.72. The summed E-state index contributed by atoms with van der Waals surface area (Å²) >= 11 is 0. The number of hydrogen-bond acceptors (Lipinski definition) is 5. The molecular formula is C21H26N4O3. The molecule has 7 heteroatoms. The third kappa shape index (κ3) is 4.79. The highest BCUT2D eigenvalue weighted by atomic mass is 16.5. The standard InChI is InChI=1S/C21H26N4O3/c26-21(24-19-14-27-15-20(19)25-11-3-4-12-25)23-16-6-8-18(9-7-16)28-13-17-5-1-2-10-22-17/h1-2,5-10,19-20H,3-4,11-15H2,(H2,23,24,26)/t19-,20-/m1/s1. The number of likely N-dealkylation sites (tertiary alicyclic amines) is 1. The number of benzene rings is 1. The number of rotatable bonds is 6. The van der Waals surface area contributed by atoms with Crippen LogP contribution in [0.4, 0.5) is 10.5 Å². The third-order valence-electron chi connectivity index (χ3n) is 5.20. The number of carbonyl (C=O) groups is 1. The zero-order valence-electron chi connectivity index (χ0n) is 15.8. The van der Waals surface area contributed by atoms with Gasteiger partial charge in [0, 0.05) is 11.9 Å². The summed E-state index contributed by atoms with van der Waals surface area (Å²) in [6.45, 7) is 3.84. The lowest BCUT2D eigenvalue weighted by atomic mass is 10.1. The number of anilines is 1. The van der Waals surface area contributed by atoms with Crippen LogP contribution in [0, 0.1) is 0 Å².